The molecule has 2 atom stereocenters. The zero-order chi connectivity index (χ0) is 13.2. The van der Waals surface area contributed by atoms with Gasteiger partial charge in [-0.25, -0.2) is 0 Å². The zero-order valence-electron chi connectivity index (χ0n) is 11.9. The number of carbonyl (C=O) groups is 1. The van der Waals surface area contributed by atoms with Crippen LogP contribution in [0.1, 0.15) is 36.9 Å². The minimum Gasteiger partial charge on any atom is -0.349 e. The van der Waals surface area contributed by atoms with E-state index in [1.54, 1.807) is 0 Å². The van der Waals surface area contributed by atoms with Crippen LogP contribution in [0.5, 0.6) is 0 Å². The van der Waals surface area contributed by atoms with Crippen molar-refractivity contribution < 1.29 is 4.79 Å². The molecule has 3 nitrogen and oxygen atoms in total. The minimum absolute atomic E-state index is 0. The van der Waals surface area contributed by atoms with E-state index < -0.39 is 0 Å². The van der Waals surface area contributed by atoms with Gasteiger partial charge in [0.25, 0.3) is 0 Å². The molecule has 1 heterocycles. The summed E-state index contributed by atoms with van der Waals surface area (Å²) in [6, 6.07) is 8.73. The third-order valence-electron chi connectivity index (χ3n) is 4.62. The first-order chi connectivity index (χ1) is 9.25. The van der Waals surface area contributed by atoms with Gasteiger partial charge in [-0.05, 0) is 49.4 Å². The molecule has 2 aliphatic rings. The predicted octanol–water partition coefficient (Wildman–Crippen LogP) is 2.46. The molecule has 20 heavy (non-hydrogen) atoms. The van der Waals surface area contributed by atoms with E-state index in [9.17, 15) is 4.79 Å². The van der Waals surface area contributed by atoms with Crippen molar-refractivity contribution in [3.8, 4) is 0 Å². The Kier molecular flexibility index (Phi) is 5.06. The molecule has 2 N–H and O–H groups in total. The molecule has 1 aliphatic heterocycles. The highest BCUT2D eigenvalue weighted by Crippen LogP contribution is 2.30. The summed E-state index contributed by atoms with van der Waals surface area (Å²) in [5.74, 6) is 0.849. The average Bonchev–Trinajstić information content (AvgIpc) is 2.37. The molecule has 0 bridgehead atoms. The second-order valence-corrected chi connectivity index (χ2v) is 5.86. The van der Waals surface area contributed by atoms with Crippen LogP contribution in [-0.4, -0.2) is 19.0 Å². The number of nitrogens with one attached hydrogen (secondary N) is 2. The molecule has 3 rings (SSSR count). The third-order valence-corrected chi connectivity index (χ3v) is 4.62. The summed E-state index contributed by atoms with van der Waals surface area (Å²) in [5, 5.41) is 6.49. The molecule has 0 spiro atoms. The monoisotopic (exact) mass is 294 g/mol. The van der Waals surface area contributed by atoms with E-state index in [1.165, 1.54) is 17.5 Å². The number of aryl methyl sites for hydroxylation is 1. The molecule has 110 valence electrons. The van der Waals surface area contributed by atoms with E-state index in [2.05, 4.69) is 41.8 Å². The number of rotatable bonds is 3. The molecule has 1 saturated heterocycles. The van der Waals surface area contributed by atoms with Gasteiger partial charge in [-0.2, -0.15) is 0 Å². The normalized spacial score (nSPS) is 22.9. The summed E-state index contributed by atoms with van der Waals surface area (Å²) in [4.78, 5) is 12.3. The fraction of sp³-hybridized carbons (Fsp3) is 0.562. The zero-order valence-corrected chi connectivity index (χ0v) is 12.7. The highest BCUT2D eigenvalue weighted by molar-refractivity contribution is 5.85. The number of amides is 1. The van der Waals surface area contributed by atoms with Crippen LogP contribution in [0.15, 0.2) is 24.3 Å². The number of hydrogen-bond donors (Lipinski definition) is 2. The van der Waals surface area contributed by atoms with E-state index in [1.807, 2.05) is 0 Å². The highest BCUT2D eigenvalue weighted by Gasteiger charge is 2.30. The van der Waals surface area contributed by atoms with Crippen molar-refractivity contribution in [2.75, 3.05) is 13.1 Å². The maximum atomic E-state index is 12.3. The summed E-state index contributed by atoms with van der Waals surface area (Å²) in [6.07, 6.45) is 3.38. The van der Waals surface area contributed by atoms with Gasteiger partial charge in [-0.3, -0.25) is 4.79 Å². The first-order valence-electron chi connectivity index (χ1n) is 7.34. The van der Waals surface area contributed by atoms with Crippen molar-refractivity contribution in [1.29, 1.82) is 0 Å². The molecule has 1 aromatic rings. The van der Waals surface area contributed by atoms with Crippen molar-refractivity contribution in [3.63, 3.8) is 0 Å². The molecule has 1 fully saturated rings. The smallest absolute Gasteiger partial charge is 0.223 e. The van der Waals surface area contributed by atoms with Crippen LogP contribution < -0.4 is 10.6 Å². The van der Waals surface area contributed by atoms with E-state index in [-0.39, 0.29) is 30.3 Å². The van der Waals surface area contributed by atoms with Gasteiger partial charge in [0.05, 0.1) is 6.04 Å². The van der Waals surface area contributed by atoms with Gasteiger partial charge < -0.3 is 10.6 Å². The fourth-order valence-corrected chi connectivity index (χ4v) is 3.09. The van der Waals surface area contributed by atoms with E-state index in [4.69, 9.17) is 0 Å². The topological polar surface area (TPSA) is 41.1 Å². The van der Waals surface area contributed by atoms with Gasteiger partial charge in [0.1, 0.15) is 0 Å². The van der Waals surface area contributed by atoms with Crippen LogP contribution in [0.2, 0.25) is 0 Å². The Bertz CT molecular complexity index is 473. The maximum Gasteiger partial charge on any atom is 0.223 e. The highest BCUT2D eigenvalue weighted by atomic mass is 35.5. The molecule has 0 aromatic heterocycles. The molecule has 4 heteroatoms. The number of benzene rings is 1. The van der Waals surface area contributed by atoms with Crippen LogP contribution in [0.3, 0.4) is 0 Å². The van der Waals surface area contributed by atoms with Gasteiger partial charge >= 0.3 is 0 Å². The van der Waals surface area contributed by atoms with Gasteiger partial charge in [0, 0.05) is 5.92 Å². The van der Waals surface area contributed by atoms with Crippen molar-refractivity contribution in [2.24, 2.45) is 11.8 Å². The number of fused-ring (bicyclic) bond motifs is 1. The standard InChI is InChI=1S/C16H22N2O.ClH/c1-11(13-9-17-10-13)16(19)18-15-8-4-6-12-5-2-3-7-14(12)15;/h2-3,5,7,11,13,15,17H,4,6,8-10H2,1H3,(H,18,19);1H. The Morgan fingerprint density at radius 1 is 1.35 bits per heavy atom. The Morgan fingerprint density at radius 3 is 2.80 bits per heavy atom. The van der Waals surface area contributed by atoms with Crippen molar-refractivity contribution in [2.45, 2.75) is 32.2 Å². The maximum absolute atomic E-state index is 12.3. The number of halogens is 1. The van der Waals surface area contributed by atoms with Gasteiger partial charge in [0.2, 0.25) is 5.91 Å². The minimum atomic E-state index is 0. The summed E-state index contributed by atoms with van der Waals surface area (Å²) in [5.41, 5.74) is 2.72. The molecular weight excluding hydrogens is 272 g/mol. The summed E-state index contributed by atoms with van der Waals surface area (Å²) < 4.78 is 0. The quantitative estimate of drug-likeness (QED) is 0.899. The Labute approximate surface area is 126 Å². The largest absolute Gasteiger partial charge is 0.349 e. The summed E-state index contributed by atoms with van der Waals surface area (Å²) in [7, 11) is 0. The Hall–Kier alpha value is -1.06. The van der Waals surface area contributed by atoms with Crippen LogP contribution in [-0.2, 0) is 11.2 Å². The molecule has 0 saturated carbocycles. The van der Waals surface area contributed by atoms with Gasteiger partial charge in [-0.1, -0.05) is 31.2 Å². The lowest BCUT2D eigenvalue weighted by Crippen LogP contribution is -2.50. The van der Waals surface area contributed by atoms with Crippen LogP contribution >= 0.6 is 12.4 Å². The van der Waals surface area contributed by atoms with E-state index >= 15 is 0 Å². The molecule has 0 radical (unpaired) electrons. The van der Waals surface area contributed by atoms with Crippen molar-refractivity contribution in [3.05, 3.63) is 35.4 Å². The van der Waals surface area contributed by atoms with Crippen molar-refractivity contribution in [1.82, 2.24) is 10.6 Å². The van der Waals surface area contributed by atoms with E-state index in [0.29, 0.717) is 5.92 Å². The lowest BCUT2D eigenvalue weighted by atomic mass is 9.85. The lowest BCUT2D eigenvalue weighted by Gasteiger charge is -2.34. The fourth-order valence-electron chi connectivity index (χ4n) is 3.09. The molecule has 1 aromatic carbocycles. The third kappa shape index (κ3) is 2.99. The van der Waals surface area contributed by atoms with Crippen LogP contribution in [0, 0.1) is 11.8 Å². The summed E-state index contributed by atoms with van der Waals surface area (Å²) in [6.45, 7) is 4.02. The summed E-state index contributed by atoms with van der Waals surface area (Å²) >= 11 is 0. The van der Waals surface area contributed by atoms with Gasteiger partial charge in [0.15, 0.2) is 0 Å². The first kappa shape index (κ1) is 15.3. The van der Waals surface area contributed by atoms with Gasteiger partial charge in [-0.15, -0.1) is 12.4 Å². The Morgan fingerprint density at radius 2 is 2.10 bits per heavy atom. The molecular formula is C16H23ClN2O. The Balaban J connectivity index is 0.00000147. The SMILES string of the molecule is CC(C(=O)NC1CCCc2ccccc21)C1CNC1.Cl. The number of carbonyl (C=O) groups excluding carboxylic acids is 1. The second kappa shape index (κ2) is 6.59. The molecule has 2 unspecified atom stereocenters. The van der Waals surface area contributed by atoms with Crippen LogP contribution in [0.25, 0.3) is 0 Å². The number of hydrogen-bond acceptors (Lipinski definition) is 2. The van der Waals surface area contributed by atoms with Crippen LogP contribution in [0.4, 0.5) is 0 Å². The lowest BCUT2D eigenvalue weighted by molar-refractivity contribution is -0.127. The first-order valence-corrected chi connectivity index (χ1v) is 7.34. The predicted molar refractivity (Wildman–Crippen MR) is 83.0 cm³/mol. The second-order valence-electron chi connectivity index (χ2n) is 5.86. The molecule has 1 amide bonds. The molecule has 1 aliphatic carbocycles. The van der Waals surface area contributed by atoms with E-state index in [0.717, 1.165) is 25.9 Å². The van der Waals surface area contributed by atoms with Crippen molar-refractivity contribution >= 4 is 18.3 Å². The average molecular weight is 295 g/mol.